The largest absolute Gasteiger partial charge is 0.355 e. The van der Waals surface area contributed by atoms with Gasteiger partial charge in [0.15, 0.2) is 5.96 Å². The van der Waals surface area contributed by atoms with Crippen LogP contribution in [0, 0.1) is 0 Å². The van der Waals surface area contributed by atoms with E-state index in [4.69, 9.17) is 0 Å². The van der Waals surface area contributed by atoms with Crippen molar-refractivity contribution in [3.05, 3.63) is 0 Å². The Morgan fingerprint density at radius 2 is 1.82 bits per heavy atom. The van der Waals surface area contributed by atoms with Gasteiger partial charge in [-0.25, -0.2) is 0 Å². The molecule has 0 amide bonds. The molecule has 0 atom stereocenters. The first-order chi connectivity index (χ1) is 7.92. The highest BCUT2D eigenvalue weighted by molar-refractivity contribution is 5.80. The number of hydrogen-bond donors (Lipinski definition) is 2. The summed E-state index contributed by atoms with van der Waals surface area (Å²) >= 11 is 0. The van der Waals surface area contributed by atoms with Gasteiger partial charge in [0.05, 0.1) is 0 Å². The molecule has 0 unspecified atom stereocenters. The van der Waals surface area contributed by atoms with Crippen LogP contribution in [0.3, 0.4) is 0 Å². The van der Waals surface area contributed by atoms with Crippen LogP contribution < -0.4 is 10.6 Å². The molecule has 0 aromatic rings. The summed E-state index contributed by atoms with van der Waals surface area (Å²) in [5.41, 5.74) is 0.0513. The highest BCUT2D eigenvalue weighted by Gasteiger charge is 2.11. The third-order valence-corrected chi connectivity index (χ3v) is 2.42. The summed E-state index contributed by atoms with van der Waals surface area (Å²) in [7, 11) is 1.81. The van der Waals surface area contributed by atoms with Crippen LogP contribution in [0.2, 0.25) is 0 Å². The molecule has 4 heteroatoms. The molecular weight excluding hydrogens is 212 g/mol. The van der Waals surface area contributed by atoms with E-state index in [0.717, 1.165) is 25.6 Å². The Bertz CT molecular complexity index is 218. The average molecular weight is 242 g/mol. The summed E-state index contributed by atoms with van der Waals surface area (Å²) in [6.45, 7) is 15.1. The van der Waals surface area contributed by atoms with E-state index >= 15 is 0 Å². The summed E-state index contributed by atoms with van der Waals surface area (Å²) in [5, 5.41) is 6.70. The van der Waals surface area contributed by atoms with Gasteiger partial charge in [-0.2, -0.15) is 0 Å². The fourth-order valence-corrected chi connectivity index (χ4v) is 1.61. The van der Waals surface area contributed by atoms with Crippen molar-refractivity contribution in [1.82, 2.24) is 15.5 Å². The van der Waals surface area contributed by atoms with Crippen LogP contribution in [0.15, 0.2) is 4.99 Å². The van der Waals surface area contributed by atoms with E-state index in [1.54, 1.807) is 0 Å². The average Bonchev–Trinajstić information content (AvgIpc) is 2.24. The number of hydrogen-bond acceptors (Lipinski definition) is 2. The lowest BCUT2D eigenvalue weighted by Gasteiger charge is -2.25. The van der Waals surface area contributed by atoms with E-state index in [1.165, 1.54) is 13.0 Å². The zero-order chi connectivity index (χ0) is 13.3. The second kappa shape index (κ2) is 8.34. The second-order valence-electron chi connectivity index (χ2n) is 5.31. The molecule has 4 nitrogen and oxygen atoms in total. The van der Waals surface area contributed by atoms with Crippen molar-refractivity contribution in [3.8, 4) is 0 Å². The Morgan fingerprint density at radius 1 is 1.18 bits per heavy atom. The van der Waals surface area contributed by atoms with Crippen LogP contribution in [0.4, 0.5) is 0 Å². The minimum atomic E-state index is 0.0513. The molecule has 0 aliphatic carbocycles. The second-order valence-corrected chi connectivity index (χ2v) is 5.31. The van der Waals surface area contributed by atoms with Gasteiger partial charge in [-0.3, -0.25) is 4.99 Å². The predicted molar refractivity (Wildman–Crippen MR) is 76.7 cm³/mol. The Kier molecular flexibility index (Phi) is 7.96. The van der Waals surface area contributed by atoms with E-state index in [1.807, 2.05) is 7.05 Å². The van der Waals surface area contributed by atoms with Gasteiger partial charge in [0.2, 0.25) is 0 Å². The van der Waals surface area contributed by atoms with E-state index in [-0.39, 0.29) is 5.54 Å². The first kappa shape index (κ1) is 16.2. The first-order valence-corrected chi connectivity index (χ1v) is 6.64. The van der Waals surface area contributed by atoms with Crippen LogP contribution in [0.25, 0.3) is 0 Å². The maximum Gasteiger partial charge on any atom is 0.191 e. The van der Waals surface area contributed by atoms with Crippen molar-refractivity contribution in [2.75, 3.05) is 33.2 Å². The SMILES string of the molecule is CCCN(CC)CCNC(=NC)NC(C)(C)C. The third-order valence-electron chi connectivity index (χ3n) is 2.42. The molecule has 2 N–H and O–H groups in total. The molecule has 0 fully saturated rings. The highest BCUT2D eigenvalue weighted by Crippen LogP contribution is 1.97. The van der Waals surface area contributed by atoms with E-state index < -0.39 is 0 Å². The van der Waals surface area contributed by atoms with Crippen LogP contribution in [-0.4, -0.2) is 49.6 Å². The highest BCUT2D eigenvalue weighted by atomic mass is 15.2. The number of guanidine groups is 1. The number of rotatable bonds is 6. The quantitative estimate of drug-likeness (QED) is 0.550. The third kappa shape index (κ3) is 8.98. The number of nitrogens with one attached hydrogen (secondary N) is 2. The summed E-state index contributed by atoms with van der Waals surface area (Å²) in [4.78, 5) is 6.66. The van der Waals surface area contributed by atoms with E-state index in [2.05, 4.69) is 55.1 Å². The fraction of sp³-hybridized carbons (Fsp3) is 0.923. The standard InChI is InChI=1S/C13H30N4/c1-7-10-17(8-2)11-9-15-12(14-6)16-13(3,4)5/h7-11H2,1-6H3,(H2,14,15,16). The Morgan fingerprint density at radius 3 is 2.24 bits per heavy atom. The molecule has 0 bridgehead atoms. The molecule has 0 aromatic heterocycles. The van der Waals surface area contributed by atoms with Crippen LogP contribution >= 0.6 is 0 Å². The van der Waals surface area contributed by atoms with Crippen LogP contribution in [0.5, 0.6) is 0 Å². The molecule has 0 saturated carbocycles. The minimum absolute atomic E-state index is 0.0513. The van der Waals surface area contributed by atoms with Gasteiger partial charge in [-0.05, 0) is 40.3 Å². The van der Waals surface area contributed by atoms with Crippen molar-refractivity contribution < 1.29 is 0 Å². The Labute approximate surface area is 107 Å². The molecule has 0 aromatic carbocycles. The lowest BCUT2D eigenvalue weighted by Crippen LogP contribution is -2.49. The summed E-state index contributed by atoms with van der Waals surface area (Å²) in [6, 6.07) is 0. The van der Waals surface area contributed by atoms with Crippen molar-refractivity contribution in [1.29, 1.82) is 0 Å². The zero-order valence-electron chi connectivity index (χ0n) is 12.4. The smallest absolute Gasteiger partial charge is 0.191 e. The van der Waals surface area contributed by atoms with Crippen molar-refractivity contribution in [3.63, 3.8) is 0 Å². The van der Waals surface area contributed by atoms with Gasteiger partial charge in [0, 0.05) is 25.7 Å². The minimum Gasteiger partial charge on any atom is -0.355 e. The van der Waals surface area contributed by atoms with E-state index in [0.29, 0.717) is 0 Å². The fourth-order valence-electron chi connectivity index (χ4n) is 1.61. The lowest BCUT2D eigenvalue weighted by atomic mass is 10.1. The maximum atomic E-state index is 4.22. The Hall–Kier alpha value is -0.770. The van der Waals surface area contributed by atoms with Gasteiger partial charge >= 0.3 is 0 Å². The van der Waals surface area contributed by atoms with Crippen molar-refractivity contribution in [2.45, 2.75) is 46.6 Å². The molecule has 0 aliphatic heterocycles. The molecule has 0 spiro atoms. The molecule has 17 heavy (non-hydrogen) atoms. The molecule has 0 rings (SSSR count). The number of aliphatic imine (C=N–C) groups is 1. The van der Waals surface area contributed by atoms with Gasteiger partial charge < -0.3 is 15.5 Å². The molecule has 0 saturated heterocycles. The molecule has 0 radical (unpaired) electrons. The topological polar surface area (TPSA) is 39.7 Å². The van der Waals surface area contributed by atoms with Gasteiger partial charge in [0.1, 0.15) is 0 Å². The number of nitrogens with zero attached hydrogens (tertiary/aromatic N) is 2. The summed E-state index contributed by atoms with van der Waals surface area (Å²) in [6.07, 6.45) is 1.21. The predicted octanol–water partition coefficient (Wildman–Crippen LogP) is 1.68. The number of likely N-dealkylation sites (N-methyl/N-ethyl adjacent to an activating group) is 1. The van der Waals surface area contributed by atoms with Crippen LogP contribution in [-0.2, 0) is 0 Å². The maximum absolute atomic E-state index is 4.22. The summed E-state index contributed by atoms with van der Waals surface area (Å²) < 4.78 is 0. The first-order valence-electron chi connectivity index (χ1n) is 6.64. The van der Waals surface area contributed by atoms with Crippen molar-refractivity contribution >= 4 is 5.96 Å². The molecule has 0 aliphatic rings. The van der Waals surface area contributed by atoms with Crippen molar-refractivity contribution in [2.24, 2.45) is 4.99 Å². The lowest BCUT2D eigenvalue weighted by molar-refractivity contribution is 0.292. The Balaban J connectivity index is 3.92. The zero-order valence-corrected chi connectivity index (χ0v) is 12.4. The normalized spacial score (nSPS) is 13.0. The molecule has 0 heterocycles. The van der Waals surface area contributed by atoms with Crippen LogP contribution in [0.1, 0.15) is 41.0 Å². The van der Waals surface area contributed by atoms with E-state index in [9.17, 15) is 0 Å². The molecular formula is C13H30N4. The summed E-state index contributed by atoms with van der Waals surface area (Å²) in [5.74, 6) is 0.880. The monoisotopic (exact) mass is 242 g/mol. The van der Waals surface area contributed by atoms with Gasteiger partial charge in [0.25, 0.3) is 0 Å². The van der Waals surface area contributed by atoms with Gasteiger partial charge in [-0.15, -0.1) is 0 Å². The van der Waals surface area contributed by atoms with Gasteiger partial charge in [-0.1, -0.05) is 13.8 Å². The molecule has 102 valence electrons.